The van der Waals surface area contributed by atoms with Gasteiger partial charge in [0.25, 0.3) is 5.92 Å². The number of alkyl halides is 4. The maximum Gasteiger partial charge on any atom is 0.277 e. The Hall–Kier alpha value is 0.0800. The molecule has 0 aromatic carbocycles. The molecule has 0 aromatic heterocycles. The highest BCUT2D eigenvalue weighted by Gasteiger charge is 2.27. The van der Waals surface area contributed by atoms with Crippen molar-refractivity contribution in [1.82, 2.24) is 0 Å². The van der Waals surface area contributed by atoms with Gasteiger partial charge in [-0.05, 0) is 0 Å². The van der Waals surface area contributed by atoms with Crippen LogP contribution in [0.4, 0.5) is 13.2 Å². The molecule has 8 heavy (non-hydrogen) atoms. The molecule has 0 amide bonds. The maximum atomic E-state index is 11.7. The quantitative estimate of drug-likeness (QED) is 0.536. The van der Waals surface area contributed by atoms with Crippen LogP contribution in [0.3, 0.4) is 0 Å². The van der Waals surface area contributed by atoms with Gasteiger partial charge >= 0.3 is 0 Å². The molecule has 0 saturated carbocycles. The van der Waals surface area contributed by atoms with E-state index in [1.807, 2.05) is 0 Å². The Morgan fingerprint density at radius 2 is 1.88 bits per heavy atom. The summed E-state index contributed by atoms with van der Waals surface area (Å²) >= 11 is 4.92. The molecule has 0 saturated heterocycles. The molecule has 0 nitrogen and oxygen atoms in total. The Morgan fingerprint density at radius 3 is 2.00 bits per heavy atom. The van der Waals surface area contributed by atoms with Crippen molar-refractivity contribution in [1.29, 1.82) is 0 Å². The highest BCUT2D eigenvalue weighted by atomic mass is 35.5. The molecule has 0 aromatic rings. The zero-order valence-electron chi connectivity index (χ0n) is 4.13. The maximum absolute atomic E-state index is 11.7. The van der Waals surface area contributed by atoms with E-state index in [-0.39, 0.29) is 5.88 Å². The van der Waals surface area contributed by atoms with Gasteiger partial charge in [0.05, 0.1) is 0 Å². The van der Waals surface area contributed by atoms with Crippen LogP contribution in [0.5, 0.6) is 0 Å². The average molecular weight is 147 g/mol. The van der Waals surface area contributed by atoms with Gasteiger partial charge in [-0.15, -0.1) is 11.6 Å². The molecule has 0 aliphatic carbocycles. The Labute approximate surface area is 50.6 Å². The van der Waals surface area contributed by atoms with Gasteiger partial charge in [-0.3, -0.25) is 0 Å². The fraction of sp³-hybridized carbons (Fsp3) is 1.00. The largest absolute Gasteiger partial charge is 0.277 e. The third-order valence-corrected chi connectivity index (χ3v) is 0.845. The summed E-state index contributed by atoms with van der Waals surface area (Å²) in [5.74, 6) is -3.40. The van der Waals surface area contributed by atoms with Crippen LogP contribution < -0.4 is 0 Å². The number of rotatable bonds is 3. The van der Waals surface area contributed by atoms with Gasteiger partial charge in [-0.1, -0.05) is 0 Å². The van der Waals surface area contributed by atoms with E-state index < -0.39 is 19.0 Å². The summed E-state index contributed by atoms with van der Waals surface area (Å²) in [4.78, 5) is 0. The second kappa shape index (κ2) is 3.17. The Bertz CT molecular complexity index is 64.3. The monoisotopic (exact) mass is 146 g/mol. The van der Waals surface area contributed by atoms with Gasteiger partial charge in [-0.2, -0.15) is 0 Å². The first-order valence-corrected chi connectivity index (χ1v) is 2.65. The molecule has 0 bridgehead atoms. The number of halogens is 4. The van der Waals surface area contributed by atoms with Crippen LogP contribution in [0.25, 0.3) is 0 Å². The Morgan fingerprint density at radius 1 is 1.38 bits per heavy atom. The first-order chi connectivity index (χ1) is 3.62. The van der Waals surface area contributed by atoms with Crippen LogP contribution in [0, 0.1) is 0 Å². The molecule has 0 unspecified atom stereocenters. The molecule has 0 aliphatic heterocycles. The average Bonchev–Trinajstić information content (AvgIpc) is 1.67. The zero-order valence-corrected chi connectivity index (χ0v) is 4.89. The van der Waals surface area contributed by atoms with Crippen LogP contribution in [0.1, 0.15) is 6.42 Å². The minimum absolute atomic E-state index is 0.197. The van der Waals surface area contributed by atoms with Crippen molar-refractivity contribution in [3.8, 4) is 0 Å². The highest BCUT2D eigenvalue weighted by Crippen LogP contribution is 2.18. The Kier molecular flexibility index (Phi) is 3.21. The van der Waals surface area contributed by atoms with Gasteiger partial charge in [0, 0.05) is 12.3 Å². The van der Waals surface area contributed by atoms with E-state index in [1.165, 1.54) is 0 Å². The lowest BCUT2D eigenvalue weighted by Gasteiger charge is -2.07. The third-order valence-electron chi connectivity index (χ3n) is 0.656. The molecule has 0 spiro atoms. The third kappa shape index (κ3) is 3.13. The molecule has 0 atom stereocenters. The molecule has 4 heteroatoms. The Balaban J connectivity index is 3.37. The van der Waals surface area contributed by atoms with E-state index in [4.69, 9.17) is 11.6 Å². The summed E-state index contributed by atoms with van der Waals surface area (Å²) in [5.41, 5.74) is 0. The fourth-order valence-electron chi connectivity index (χ4n) is 0.205. The summed E-state index contributed by atoms with van der Waals surface area (Å²) < 4.78 is 34.5. The van der Waals surface area contributed by atoms with Crippen molar-refractivity contribution in [2.24, 2.45) is 0 Å². The lowest BCUT2D eigenvalue weighted by molar-refractivity contribution is -0.0247. The van der Waals surface area contributed by atoms with E-state index in [0.29, 0.717) is 0 Å². The van der Waals surface area contributed by atoms with Gasteiger partial charge in [0.2, 0.25) is 0 Å². The molecular formula is C4H6ClF3. The zero-order chi connectivity index (χ0) is 6.62. The summed E-state index contributed by atoms with van der Waals surface area (Å²) in [6, 6.07) is 0. The predicted octanol–water partition coefficient (Wildman–Crippen LogP) is 2.22. The summed E-state index contributed by atoms with van der Waals surface area (Å²) in [6.45, 7) is -1.61. The van der Waals surface area contributed by atoms with Crippen molar-refractivity contribution in [2.75, 3.05) is 12.6 Å². The second-order valence-electron chi connectivity index (χ2n) is 1.43. The van der Waals surface area contributed by atoms with Crippen molar-refractivity contribution in [3.05, 3.63) is 0 Å². The normalized spacial score (nSPS) is 12.0. The minimum atomic E-state index is -3.21. The van der Waals surface area contributed by atoms with E-state index in [2.05, 4.69) is 0 Å². The smallest absolute Gasteiger partial charge is 0.244 e. The molecule has 50 valence electrons. The van der Waals surface area contributed by atoms with Crippen LogP contribution in [0.2, 0.25) is 0 Å². The second-order valence-corrected chi connectivity index (χ2v) is 1.81. The molecule has 0 rings (SSSR count). The van der Waals surface area contributed by atoms with Gasteiger partial charge in [-0.25, -0.2) is 13.2 Å². The molecule has 0 radical (unpaired) electrons. The standard InChI is InChI=1S/C4H6ClF3/c5-2-1-4(7,8)3-6/h1-3H2. The van der Waals surface area contributed by atoms with Crippen molar-refractivity contribution >= 4 is 11.6 Å². The SMILES string of the molecule is FCC(F)(F)CCCl. The van der Waals surface area contributed by atoms with Crippen LogP contribution in [0.15, 0.2) is 0 Å². The van der Waals surface area contributed by atoms with Crippen molar-refractivity contribution in [3.63, 3.8) is 0 Å². The highest BCUT2D eigenvalue weighted by molar-refractivity contribution is 6.17. The van der Waals surface area contributed by atoms with Crippen molar-refractivity contribution in [2.45, 2.75) is 12.3 Å². The first kappa shape index (κ1) is 8.08. The molecule has 0 fully saturated rings. The van der Waals surface area contributed by atoms with Crippen LogP contribution in [-0.2, 0) is 0 Å². The summed E-state index contributed by atoms with van der Waals surface area (Å²) in [7, 11) is 0. The topological polar surface area (TPSA) is 0 Å². The van der Waals surface area contributed by atoms with E-state index in [1.54, 1.807) is 0 Å². The molecule has 0 aliphatic rings. The van der Waals surface area contributed by atoms with Crippen LogP contribution >= 0.6 is 11.6 Å². The lowest BCUT2D eigenvalue weighted by Crippen LogP contribution is -2.18. The first-order valence-electron chi connectivity index (χ1n) is 2.12. The van der Waals surface area contributed by atoms with Crippen LogP contribution in [-0.4, -0.2) is 18.5 Å². The predicted molar refractivity (Wildman–Crippen MR) is 26.3 cm³/mol. The fourth-order valence-corrected chi connectivity index (χ4v) is 0.482. The van der Waals surface area contributed by atoms with Gasteiger partial charge < -0.3 is 0 Å². The van der Waals surface area contributed by atoms with E-state index >= 15 is 0 Å². The molecule has 0 N–H and O–H groups in total. The van der Waals surface area contributed by atoms with Gasteiger partial charge in [0.15, 0.2) is 6.67 Å². The van der Waals surface area contributed by atoms with Crippen molar-refractivity contribution < 1.29 is 13.2 Å². The number of hydrogen-bond acceptors (Lipinski definition) is 0. The molecular weight excluding hydrogens is 140 g/mol. The minimum Gasteiger partial charge on any atom is -0.244 e. The van der Waals surface area contributed by atoms with Gasteiger partial charge in [0.1, 0.15) is 0 Å². The summed E-state index contributed by atoms with van der Waals surface area (Å²) in [6.07, 6.45) is -0.578. The van der Waals surface area contributed by atoms with E-state index in [9.17, 15) is 13.2 Å². The lowest BCUT2D eigenvalue weighted by atomic mass is 10.3. The van der Waals surface area contributed by atoms with E-state index in [0.717, 1.165) is 0 Å². The summed E-state index contributed by atoms with van der Waals surface area (Å²) in [5, 5.41) is 0. The molecule has 0 heterocycles. The number of hydrogen-bond donors (Lipinski definition) is 0.